The predicted octanol–water partition coefficient (Wildman–Crippen LogP) is 4.79. The molecule has 0 radical (unpaired) electrons. The molecule has 1 unspecified atom stereocenters. The van der Waals surface area contributed by atoms with Gasteiger partial charge in [0.2, 0.25) is 0 Å². The number of hydrogen-bond donors (Lipinski definition) is 0. The highest BCUT2D eigenvalue weighted by Crippen LogP contribution is 2.42. The van der Waals surface area contributed by atoms with Gasteiger partial charge in [0.05, 0.1) is 24.6 Å². The molecule has 1 saturated carbocycles. The molecule has 5 heterocycles. The minimum absolute atomic E-state index is 0.192. The van der Waals surface area contributed by atoms with Crippen LogP contribution in [0.2, 0.25) is 5.15 Å². The number of morpholine rings is 1. The van der Waals surface area contributed by atoms with Crippen molar-refractivity contribution in [2.24, 2.45) is 0 Å². The number of imidazole rings is 1. The number of carbonyl (C=O) groups is 1. The number of aromatic nitrogens is 3. The Kier molecular flexibility index (Phi) is 6.56. The van der Waals surface area contributed by atoms with Crippen LogP contribution in [0.5, 0.6) is 5.75 Å². The Balaban J connectivity index is 1.17. The molecule has 206 valence electrons. The number of halogens is 2. The molecule has 3 aromatic heterocycles. The third kappa shape index (κ3) is 4.67. The topological polar surface area (TPSA) is 72.2 Å². The summed E-state index contributed by atoms with van der Waals surface area (Å²) in [6.07, 6.45) is 4.66. The van der Waals surface area contributed by atoms with Crippen LogP contribution in [0.1, 0.15) is 47.3 Å². The van der Waals surface area contributed by atoms with Crippen LogP contribution in [0.15, 0.2) is 54.7 Å². The summed E-state index contributed by atoms with van der Waals surface area (Å²) in [5.41, 5.74) is 3.93. The normalized spacial score (nSPS) is 19.1. The second-order valence-corrected chi connectivity index (χ2v) is 10.9. The van der Waals surface area contributed by atoms with E-state index in [0.717, 1.165) is 54.3 Å². The Morgan fingerprint density at radius 3 is 2.70 bits per heavy atom. The number of ether oxygens (including phenoxy) is 2. The number of carbonyl (C=O) groups excluding carboxylic acids is 1. The van der Waals surface area contributed by atoms with Gasteiger partial charge in [-0.05, 0) is 54.7 Å². The van der Waals surface area contributed by atoms with Crippen LogP contribution in [0.25, 0.3) is 5.65 Å². The van der Waals surface area contributed by atoms with Crippen molar-refractivity contribution in [3.63, 3.8) is 0 Å². The Bertz CT molecular complexity index is 1580. The summed E-state index contributed by atoms with van der Waals surface area (Å²) in [4.78, 5) is 26.8. The lowest BCUT2D eigenvalue weighted by atomic mass is 9.93. The third-order valence-corrected chi connectivity index (χ3v) is 8.25. The second-order valence-electron chi connectivity index (χ2n) is 10.5. The summed E-state index contributed by atoms with van der Waals surface area (Å²) < 4.78 is 29.0. The first-order chi connectivity index (χ1) is 19.6. The highest BCUT2D eigenvalue weighted by Gasteiger charge is 2.37. The number of nitrogens with zero attached hydrogens (tertiary/aromatic N) is 5. The summed E-state index contributed by atoms with van der Waals surface area (Å²) in [6, 6.07) is 14.2. The Hall–Kier alpha value is -3.69. The van der Waals surface area contributed by atoms with Crippen LogP contribution < -0.4 is 9.64 Å². The maximum absolute atomic E-state index is 15.7. The van der Waals surface area contributed by atoms with Crippen molar-refractivity contribution in [3.05, 3.63) is 88.2 Å². The van der Waals surface area contributed by atoms with Gasteiger partial charge < -0.3 is 23.7 Å². The van der Waals surface area contributed by atoms with Crippen molar-refractivity contribution in [2.75, 3.05) is 44.4 Å². The Labute approximate surface area is 236 Å². The fourth-order valence-corrected chi connectivity index (χ4v) is 5.97. The van der Waals surface area contributed by atoms with Gasteiger partial charge in [0.25, 0.3) is 5.91 Å². The summed E-state index contributed by atoms with van der Waals surface area (Å²) >= 11 is 6.45. The van der Waals surface area contributed by atoms with Gasteiger partial charge in [-0.2, -0.15) is 0 Å². The largest absolute Gasteiger partial charge is 0.481 e. The Morgan fingerprint density at radius 2 is 1.93 bits per heavy atom. The van der Waals surface area contributed by atoms with E-state index >= 15 is 4.39 Å². The van der Waals surface area contributed by atoms with E-state index in [1.807, 2.05) is 47.0 Å². The highest BCUT2D eigenvalue weighted by atomic mass is 35.5. The lowest BCUT2D eigenvalue weighted by molar-refractivity contribution is -0.135. The standard InChI is InChI=1S/C30H29ClFN5O3/c31-30-24(8-9-25(34-30)35-13-15-39-16-14-35)40-18-27(38)37-12-10-23-29(36-11-2-1-3-26(36)33-23)28(37)21-7-6-20(17-22(21)32)19-4-5-19/h1-3,6-9,11,17,19,28H,4-5,10,12-16,18H2. The van der Waals surface area contributed by atoms with Crippen LogP contribution in [-0.2, 0) is 16.0 Å². The van der Waals surface area contributed by atoms with Gasteiger partial charge in [-0.1, -0.05) is 29.8 Å². The third-order valence-electron chi connectivity index (χ3n) is 7.98. The first-order valence-electron chi connectivity index (χ1n) is 13.7. The first-order valence-corrected chi connectivity index (χ1v) is 14.1. The summed E-state index contributed by atoms with van der Waals surface area (Å²) in [6.45, 7) is 2.91. The minimum Gasteiger partial charge on any atom is -0.481 e. The average Bonchev–Trinajstić information content (AvgIpc) is 3.76. The van der Waals surface area contributed by atoms with E-state index < -0.39 is 6.04 Å². The SMILES string of the molecule is O=C(COc1ccc(N2CCOCC2)nc1Cl)N1CCc2nc3ccccn3c2C1c1ccc(C2CC2)cc1F. The van der Waals surface area contributed by atoms with Gasteiger partial charge in [-0.15, -0.1) is 0 Å². The molecular formula is C30H29ClFN5O3. The highest BCUT2D eigenvalue weighted by molar-refractivity contribution is 6.31. The summed E-state index contributed by atoms with van der Waals surface area (Å²) in [5.74, 6) is 0.933. The number of rotatable bonds is 6. The average molecular weight is 562 g/mol. The number of anilines is 1. The van der Waals surface area contributed by atoms with Gasteiger partial charge in [0.15, 0.2) is 17.5 Å². The van der Waals surface area contributed by atoms with E-state index in [9.17, 15) is 4.79 Å². The fraction of sp³-hybridized carbons (Fsp3) is 0.367. The van der Waals surface area contributed by atoms with E-state index in [1.54, 1.807) is 17.0 Å². The predicted molar refractivity (Wildman–Crippen MR) is 149 cm³/mol. The smallest absolute Gasteiger partial charge is 0.261 e. The molecule has 1 saturated heterocycles. The van der Waals surface area contributed by atoms with Crippen LogP contribution in [0.4, 0.5) is 10.2 Å². The molecule has 0 bridgehead atoms. The van der Waals surface area contributed by atoms with E-state index in [-0.39, 0.29) is 23.5 Å². The zero-order valence-corrected chi connectivity index (χ0v) is 22.7. The maximum atomic E-state index is 15.7. The fourth-order valence-electron chi connectivity index (χ4n) is 5.77. The molecule has 2 fully saturated rings. The quantitative estimate of drug-likeness (QED) is 0.315. The minimum atomic E-state index is -0.636. The van der Waals surface area contributed by atoms with Crippen molar-refractivity contribution in [3.8, 4) is 5.75 Å². The molecule has 1 aromatic carbocycles. The number of benzene rings is 1. The van der Waals surface area contributed by atoms with Gasteiger partial charge in [-0.25, -0.2) is 14.4 Å². The van der Waals surface area contributed by atoms with Crippen LogP contribution in [-0.4, -0.2) is 64.6 Å². The van der Waals surface area contributed by atoms with Gasteiger partial charge in [0, 0.05) is 37.8 Å². The lowest BCUT2D eigenvalue weighted by Crippen LogP contribution is -2.43. The van der Waals surface area contributed by atoms with E-state index in [4.69, 9.17) is 26.1 Å². The molecule has 40 heavy (non-hydrogen) atoms. The monoisotopic (exact) mass is 561 g/mol. The van der Waals surface area contributed by atoms with Crippen molar-refractivity contribution < 1.29 is 18.7 Å². The summed E-state index contributed by atoms with van der Waals surface area (Å²) in [7, 11) is 0. The van der Waals surface area contributed by atoms with E-state index in [1.165, 1.54) is 0 Å². The number of amides is 1. The molecule has 4 aromatic rings. The lowest BCUT2D eigenvalue weighted by Gasteiger charge is -2.36. The van der Waals surface area contributed by atoms with Gasteiger partial charge in [-0.3, -0.25) is 4.79 Å². The molecule has 0 spiro atoms. The van der Waals surface area contributed by atoms with Gasteiger partial charge >= 0.3 is 0 Å². The Morgan fingerprint density at radius 1 is 1.07 bits per heavy atom. The van der Waals surface area contributed by atoms with Crippen LogP contribution >= 0.6 is 11.6 Å². The summed E-state index contributed by atoms with van der Waals surface area (Å²) in [5, 5.41) is 0.192. The molecule has 1 amide bonds. The molecule has 2 aliphatic heterocycles. The maximum Gasteiger partial charge on any atom is 0.261 e. The van der Waals surface area contributed by atoms with Gasteiger partial charge in [0.1, 0.15) is 23.3 Å². The molecular weight excluding hydrogens is 533 g/mol. The van der Waals surface area contributed by atoms with Crippen molar-refractivity contribution in [1.29, 1.82) is 0 Å². The number of hydrogen-bond acceptors (Lipinski definition) is 6. The molecule has 1 aliphatic carbocycles. The molecule has 8 nitrogen and oxygen atoms in total. The molecule has 3 aliphatic rings. The van der Waals surface area contributed by atoms with Crippen molar-refractivity contribution in [1.82, 2.24) is 19.3 Å². The van der Waals surface area contributed by atoms with E-state index in [2.05, 4.69) is 9.88 Å². The van der Waals surface area contributed by atoms with Crippen LogP contribution in [0, 0.1) is 5.82 Å². The van der Waals surface area contributed by atoms with Crippen molar-refractivity contribution in [2.45, 2.75) is 31.2 Å². The number of fused-ring (bicyclic) bond motifs is 3. The van der Waals surface area contributed by atoms with E-state index in [0.29, 0.717) is 43.4 Å². The molecule has 1 atom stereocenters. The zero-order valence-electron chi connectivity index (χ0n) is 21.9. The zero-order chi connectivity index (χ0) is 27.2. The number of pyridine rings is 2. The second kappa shape index (κ2) is 10.4. The molecule has 7 rings (SSSR count). The first kappa shape index (κ1) is 25.3. The molecule has 10 heteroatoms. The van der Waals surface area contributed by atoms with Crippen molar-refractivity contribution >= 4 is 29.0 Å². The molecule has 0 N–H and O–H groups in total. The van der Waals surface area contributed by atoms with Crippen LogP contribution in [0.3, 0.4) is 0 Å².